The zero-order chi connectivity index (χ0) is 14.6. The van der Waals surface area contributed by atoms with Gasteiger partial charge in [-0.25, -0.2) is 13.1 Å². The molecule has 5 nitrogen and oxygen atoms in total. The molecule has 0 aromatic heterocycles. The topological polar surface area (TPSA) is 89.3 Å². The summed E-state index contributed by atoms with van der Waals surface area (Å²) in [5.74, 6) is 0.444. The Morgan fingerprint density at radius 2 is 2.11 bits per heavy atom. The van der Waals surface area contributed by atoms with E-state index in [1.807, 2.05) is 0 Å². The van der Waals surface area contributed by atoms with Gasteiger partial charge in [0.05, 0.1) is 5.69 Å². The predicted octanol–water partition coefficient (Wildman–Crippen LogP) is 1.36. The summed E-state index contributed by atoms with van der Waals surface area (Å²) in [6.45, 7) is 1.72. The summed E-state index contributed by atoms with van der Waals surface area (Å²) < 4.78 is 37.7. The maximum Gasteiger partial charge on any atom is 0.242 e. The molecule has 0 heterocycles. The van der Waals surface area contributed by atoms with Crippen LogP contribution < -0.4 is 10.5 Å². The van der Waals surface area contributed by atoms with Crippen LogP contribution in [0.2, 0.25) is 5.02 Å². The molecule has 3 N–H and O–H groups in total. The highest BCUT2D eigenvalue weighted by atomic mass is 35.5. The van der Waals surface area contributed by atoms with Crippen LogP contribution >= 0.6 is 11.6 Å². The fourth-order valence-electron chi connectivity index (χ4n) is 1.49. The van der Waals surface area contributed by atoms with E-state index in [0.29, 0.717) is 17.2 Å². The second-order valence-corrected chi connectivity index (χ2v) is 7.94. The standard InChI is InChI=1S/C11H17ClN2O3S2/c1-8(5-6-18(2)15)14-19(16,17)11-4-3-9(12)7-10(11)13/h3-4,7-8,14H,5-6,13H2,1-2H3. The molecule has 0 bridgehead atoms. The SMILES string of the molecule is CC(CCS(C)=O)NS(=O)(=O)c1ccc(Cl)cc1N. The van der Waals surface area contributed by atoms with Gasteiger partial charge in [0.2, 0.25) is 10.0 Å². The third-order valence-corrected chi connectivity index (χ3v) is 5.17. The van der Waals surface area contributed by atoms with E-state index >= 15 is 0 Å². The van der Waals surface area contributed by atoms with Crippen LogP contribution in [0.5, 0.6) is 0 Å². The van der Waals surface area contributed by atoms with Gasteiger partial charge in [0.1, 0.15) is 4.90 Å². The number of halogens is 1. The largest absolute Gasteiger partial charge is 0.398 e. The summed E-state index contributed by atoms with van der Waals surface area (Å²) in [5, 5.41) is 0.380. The van der Waals surface area contributed by atoms with Crippen molar-refractivity contribution in [2.45, 2.75) is 24.3 Å². The van der Waals surface area contributed by atoms with E-state index in [-0.39, 0.29) is 16.6 Å². The maximum atomic E-state index is 12.1. The Bertz CT molecular complexity index is 575. The summed E-state index contributed by atoms with van der Waals surface area (Å²) in [4.78, 5) is 0.00127. The molecule has 1 rings (SSSR count). The summed E-state index contributed by atoms with van der Waals surface area (Å²) in [7, 11) is -4.63. The lowest BCUT2D eigenvalue weighted by Gasteiger charge is -2.14. The van der Waals surface area contributed by atoms with Crippen molar-refractivity contribution in [1.29, 1.82) is 0 Å². The van der Waals surface area contributed by atoms with Crippen LogP contribution in [-0.2, 0) is 20.8 Å². The Kier molecular flexibility index (Phi) is 5.79. The van der Waals surface area contributed by atoms with E-state index in [9.17, 15) is 12.6 Å². The molecule has 8 heteroatoms. The van der Waals surface area contributed by atoms with Crippen LogP contribution in [-0.4, -0.2) is 30.7 Å². The van der Waals surface area contributed by atoms with Crippen molar-refractivity contribution in [3.63, 3.8) is 0 Å². The van der Waals surface area contributed by atoms with E-state index in [1.165, 1.54) is 18.2 Å². The zero-order valence-corrected chi connectivity index (χ0v) is 13.1. The highest BCUT2D eigenvalue weighted by Gasteiger charge is 2.20. The van der Waals surface area contributed by atoms with Gasteiger partial charge >= 0.3 is 0 Å². The average molecular weight is 325 g/mol. The normalized spacial score (nSPS) is 15.1. The Morgan fingerprint density at radius 1 is 1.47 bits per heavy atom. The fourth-order valence-corrected chi connectivity index (χ4v) is 3.75. The van der Waals surface area contributed by atoms with Gasteiger partial charge in [0.15, 0.2) is 0 Å². The number of sulfonamides is 1. The first-order chi connectivity index (χ1) is 8.72. The molecular weight excluding hydrogens is 308 g/mol. The van der Waals surface area contributed by atoms with E-state index < -0.39 is 20.8 Å². The number of nitrogens with one attached hydrogen (secondary N) is 1. The first-order valence-corrected chi connectivity index (χ1v) is 9.18. The lowest BCUT2D eigenvalue weighted by Crippen LogP contribution is -2.33. The van der Waals surface area contributed by atoms with Gasteiger partial charge < -0.3 is 5.73 Å². The van der Waals surface area contributed by atoms with Gasteiger partial charge in [-0.15, -0.1) is 0 Å². The molecule has 0 spiro atoms. The highest BCUT2D eigenvalue weighted by molar-refractivity contribution is 7.89. The van der Waals surface area contributed by atoms with E-state index in [1.54, 1.807) is 13.2 Å². The molecule has 19 heavy (non-hydrogen) atoms. The Labute approximate surface area is 121 Å². The summed E-state index contributed by atoms with van der Waals surface area (Å²) >= 11 is 5.73. The van der Waals surface area contributed by atoms with E-state index in [0.717, 1.165) is 0 Å². The van der Waals surface area contributed by atoms with Crippen LogP contribution in [0, 0.1) is 0 Å². The smallest absolute Gasteiger partial charge is 0.242 e. The fraction of sp³-hybridized carbons (Fsp3) is 0.455. The first kappa shape index (κ1) is 16.4. The molecular formula is C11H17ClN2O3S2. The van der Waals surface area contributed by atoms with Crippen LogP contribution in [0.1, 0.15) is 13.3 Å². The number of benzene rings is 1. The quantitative estimate of drug-likeness (QED) is 0.773. The Balaban J connectivity index is 2.83. The van der Waals surface area contributed by atoms with Crippen LogP contribution in [0.15, 0.2) is 23.1 Å². The van der Waals surface area contributed by atoms with Gasteiger partial charge in [-0.3, -0.25) is 4.21 Å². The molecule has 0 radical (unpaired) electrons. The Hall–Kier alpha value is -0.630. The molecule has 0 saturated carbocycles. The third kappa shape index (κ3) is 5.10. The molecule has 0 fully saturated rings. The van der Waals surface area contributed by atoms with Crippen molar-refractivity contribution in [3.8, 4) is 0 Å². The molecule has 0 aliphatic heterocycles. The van der Waals surface area contributed by atoms with Crippen molar-refractivity contribution < 1.29 is 12.6 Å². The lowest BCUT2D eigenvalue weighted by atomic mass is 10.3. The minimum atomic E-state index is -3.69. The number of rotatable bonds is 6. The second kappa shape index (κ2) is 6.69. The summed E-state index contributed by atoms with van der Waals surface area (Å²) in [5.41, 5.74) is 5.76. The maximum absolute atomic E-state index is 12.1. The van der Waals surface area contributed by atoms with Gasteiger partial charge in [-0.1, -0.05) is 11.6 Å². The average Bonchev–Trinajstić information content (AvgIpc) is 2.25. The zero-order valence-electron chi connectivity index (χ0n) is 10.7. The van der Waals surface area contributed by atoms with Gasteiger partial charge in [0.25, 0.3) is 0 Å². The van der Waals surface area contributed by atoms with Crippen molar-refractivity contribution in [1.82, 2.24) is 4.72 Å². The van der Waals surface area contributed by atoms with Crippen molar-refractivity contribution in [2.24, 2.45) is 0 Å². The molecule has 2 unspecified atom stereocenters. The van der Waals surface area contributed by atoms with Crippen LogP contribution in [0.25, 0.3) is 0 Å². The number of anilines is 1. The molecule has 0 aliphatic carbocycles. The lowest BCUT2D eigenvalue weighted by molar-refractivity contribution is 0.556. The molecule has 108 valence electrons. The van der Waals surface area contributed by atoms with Crippen LogP contribution in [0.3, 0.4) is 0 Å². The van der Waals surface area contributed by atoms with Gasteiger partial charge in [-0.2, -0.15) is 0 Å². The number of nitrogens with two attached hydrogens (primary N) is 1. The molecule has 1 aromatic rings. The molecule has 0 saturated heterocycles. The molecule has 0 amide bonds. The van der Waals surface area contributed by atoms with E-state index in [2.05, 4.69) is 4.72 Å². The first-order valence-electron chi connectivity index (χ1n) is 5.60. The van der Waals surface area contributed by atoms with Crippen molar-refractivity contribution >= 4 is 38.1 Å². The number of hydrogen-bond donors (Lipinski definition) is 2. The summed E-state index contributed by atoms with van der Waals surface area (Å²) in [6.07, 6.45) is 2.08. The minimum absolute atomic E-state index is 0.00127. The minimum Gasteiger partial charge on any atom is -0.398 e. The Morgan fingerprint density at radius 3 is 2.63 bits per heavy atom. The van der Waals surface area contributed by atoms with E-state index in [4.69, 9.17) is 17.3 Å². The number of hydrogen-bond acceptors (Lipinski definition) is 4. The molecule has 2 atom stereocenters. The van der Waals surface area contributed by atoms with Gasteiger partial charge in [-0.05, 0) is 31.5 Å². The monoisotopic (exact) mass is 324 g/mol. The molecule has 0 aliphatic rings. The van der Waals surface area contributed by atoms with Crippen molar-refractivity contribution in [3.05, 3.63) is 23.2 Å². The van der Waals surface area contributed by atoms with Gasteiger partial charge in [0, 0.05) is 33.9 Å². The van der Waals surface area contributed by atoms with Crippen molar-refractivity contribution in [2.75, 3.05) is 17.7 Å². The van der Waals surface area contributed by atoms with Crippen LogP contribution in [0.4, 0.5) is 5.69 Å². The second-order valence-electron chi connectivity index (χ2n) is 4.27. The predicted molar refractivity (Wildman–Crippen MR) is 79.2 cm³/mol. The molecule has 1 aromatic carbocycles. The summed E-state index contributed by atoms with van der Waals surface area (Å²) in [6, 6.07) is 3.91. The highest BCUT2D eigenvalue weighted by Crippen LogP contribution is 2.22. The third-order valence-electron chi connectivity index (χ3n) is 2.46. The number of nitrogen functional groups attached to an aromatic ring is 1.